The van der Waals surface area contributed by atoms with Gasteiger partial charge in [0.05, 0.1) is 26.3 Å². The Hall–Kier alpha value is -4.08. The molecule has 0 heterocycles. The van der Waals surface area contributed by atoms with Gasteiger partial charge >= 0.3 is 5.97 Å². The van der Waals surface area contributed by atoms with Crippen molar-refractivity contribution in [2.24, 2.45) is 0 Å². The second-order valence-corrected chi connectivity index (χ2v) is 5.71. The molecule has 1 amide bonds. The standard InChI is InChI=1S/C20H20N2O8/c1-27-16-11-18(29-3)17(28-2)10-13(16)8-9-20(24)30-12-19(23)21-14-6-4-5-7-15(14)22(25)26/h4-11H,12H2,1-3H3,(H,21,23)/b9-8+. The second kappa shape index (κ2) is 10.5. The van der Waals surface area contributed by atoms with E-state index >= 15 is 0 Å². The van der Waals surface area contributed by atoms with E-state index in [0.717, 1.165) is 6.08 Å². The van der Waals surface area contributed by atoms with Crippen LogP contribution in [0.5, 0.6) is 17.2 Å². The Morgan fingerprint density at radius 3 is 2.30 bits per heavy atom. The van der Waals surface area contributed by atoms with Crippen molar-refractivity contribution >= 4 is 29.3 Å². The summed E-state index contributed by atoms with van der Waals surface area (Å²) < 4.78 is 20.5. The SMILES string of the molecule is COc1cc(OC)c(OC)cc1/C=C/C(=O)OCC(=O)Nc1ccccc1[N+](=O)[O-]. The van der Waals surface area contributed by atoms with Gasteiger partial charge in [-0.2, -0.15) is 0 Å². The monoisotopic (exact) mass is 416 g/mol. The number of anilines is 1. The Bertz CT molecular complexity index is 971. The number of nitrogens with zero attached hydrogens (tertiary/aromatic N) is 1. The predicted octanol–water partition coefficient (Wildman–Crippen LogP) is 2.82. The Kier molecular flexibility index (Phi) is 7.74. The van der Waals surface area contributed by atoms with Gasteiger partial charge in [-0.1, -0.05) is 12.1 Å². The highest BCUT2D eigenvalue weighted by molar-refractivity contribution is 5.96. The Morgan fingerprint density at radius 1 is 1.03 bits per heavy atom. The van der Waals surface area contributed by atoms with E-state index in [-0.39, 0.29) is 11.4 Å². The molecule has 30 heavy (non-hydrogen) atoms. The maximum Gasteiger partial charge on any atom is 0.331 e. The summed E-state index contributed by atoms with van der Waals surface area (Å²) in [6, 6.07) is 8.85. The Morgan fingerprint density at radius 2 is 1.67 bits per heavy atom. The number of amides is 1. The molecule has 0 aliphatic carbocycles. The number of ether oxygens (including phenoxy) is 4. The first-order valence-electron chi connectivity index (χ1n) is 8.57. The normalized spacial score (nSPS) is 10.4. The molecule has 0 bridgehead atoms. The molecule has 158 valence electrons. The Balaban J connectivity index is 2.00. The van der Waals surface area contributed by atoms with Crippen LogP contribution in [0.15, 0.2) is 42.5 Å². The third-order valence-electron chi connectivity index (χ3n) is 3.86. The zero-order valence-electron chi connectivity index (χ0n) is 16.5. The van der Waals surface area contributed by atoms with Crippen molar-refractivity contribution in [2.75, 3.05) is 33.3 Å². The van der Waals surface area contributed by atoms with Crippen LogP contribution < -0.4 is 19.5 Å². The number of nitro groups is 1. The molecule has 0 radical (unpaired) electrons. The third-order valence-corrected chi connectivity index (χ3v) is 3.86. The van der Waals surface area contributed by atoms with Gasteiger partial charge in [-0.05, 0) is 18.2 Å². The molecule has 0 aliphatic heterocycles. The van der Waals surface area contributed by atoms with Crippen LogP contribution in [-0.2, 0) is 14.3 Å². The molecule has 0 fully saturated rings. The Labute approximate surface area is 172 Å². The molecular weight excluding hydrogens is 396 g/mol. The number of benzene rings is 2. The van der Waals surface area contributed by atoms with Gasteiger partial charge in [0.2, 0.25) is 0 Å². The highest BCUT2D eigenvalue weighted by Gasteiger charge is 2.15. The summed E-state index contributed by atoms with van der Waals surface area (Å²) in [5.74, 6) is -0.166. The average Bonchev–Trinajstić information content (AvgIpc) is 2.75. The maximum atomic E-state index is 11.9. The van der Waals surface area contributed by atoms with E-state index in [1.807, 2.05) is 0 Å². The van der Waals surface area contributed by atoms with Crippen molar-refractivity contribution in [3.8, 4) is 17.2 Å². The highest BCUT2D eigenvalue weighted by Crippen LogP contribution is 2.35. The number of nitrogens with one attached hydrogen (secondary N) is 1. The smallest absolute Gasteiger partial charge is 0.331 e. The highest BCUT2D eigenvalue weighted by atomic mass is 16.6. The molecule has 2 aromatic rings. The molecule has 2 aromatic carbocycles. The van der Waals surface area contributed by atoms with Crippen molar-refractivity contribution in [3.63, 3.8) is 0 Å². The van der Waals surface area contributed by atoms with Gasteiger partial charge in [-0.25, -0.2) is 4.79 Å². The summed E-state index contributed by atoms with van der Waals surface area (Å²) in [5, 5.41) is 13.3. The summed E-state index contributed by atoms with van der Waals surface area (Å²) >= 11 is 0. The van der Waals surface area contributed by atoms with E-state index in [9.17, 15) is 19.7 Å². The third kappa shape index (κ3) is 5.71. The maximum absolute atomic E-state index is 11.9. The largest absolute Gasteiger partial charge is 0.496 e. The fourth-order valence-electron chi connectivity index (χ4n) is 2.45. The van der Waals surface area contributed by atoms with E-state index in [1.54, 1.807) is 12.1 Å². The molecule has 0 saturated heterocycles. The summed E-state index contributed by atoms with van der Waals surface area (Å²) in [6.07, 6.45) is 2.55. The van der Waals surface area contributed by atoms with Gasteiger partial charge in [-0.15, -0.1) is 0 Å². The number of para-hydroxylation sites is 2. The molecule has 2 rings (SSSR count). The lowest BCUT2D eigenvalue weighted by Crippen LogP contribution is -2.20. The number of nitro benzene ring substituents is 1. The summed E-state index contributed by atoms with van der Waals surface area (Å²) in [7, 11) is 4.42. The fourth-order valence-corrected chi connectivity index (χ4v) is 2.45. The molecule has 10 nitrogen and oxygen atoms in total. The first-order valence-corrected chi connectivity index (χ1v) is 8.57. The minimum Gasteiger partial charge on any atom is -0.496 e. The van der Waals surface area contributed by atoms with E-state index < -0.39 is 23.4 Å². The number of rotatable bonds is 9. The van der Waals surface area contributed by atoms with Crippen LogP contribution in [-0.4, -0.2) is 44.7 Å². The summed E-state index contributed by atoms with van der Waals surface area (Å²) in [6.45, 7) is -0.613. The predicted molar refractivity (Wildman–Crippen MR) is 108 cm³/mol. The van der Waals surface area contributed by atoms with Gasteiger partial charge in [0.25, 0.3) is 11.6 Å². The number of hydrogen-bond acceptors (Lipinski definition) is 8. The van der Waals surface area contributed by atoms with Crippen LogP contribution in [0.3, 0.4) is 0 Å². The van der Waals surface area contributed by atoms with Crippen molar-refractivity contribution in [2.45, 2.75) is 0 Å². The van der Waals surface area contributed by atoms with Gasteiger partial charge < -0.3 is 24.3 Å². The second-order valence-electron chi connectivity index (χ2n) is 5.71. The first kappa shape index (κ1) is 22.2. The molecule has 0 spiro atoms. The molecule has 0 unspecified atom stereocenters. The summed E-state index contributed by atoms with van der Waals surface area (Å²) in [4.78, 5) is 34.2. The number of hydrogen-bond donors (Lipinski definition) is 1. The molecular formula is C20H20N2O8. The molecule has 0 saturated carbocycles. The van der Waals surface area contributed by atoms with Crippen LogP contribution in [0.2, 0.25) is 0 Å². The molecule has 0 aromatic heterocycles. The van der Waals surface area contributed by atoms with Crippen LogP contribution in [0.4, 0.5) is 11.4 Å². The van der Waals surface area contributed by atoms with Crippen LogP contribution in [0, 0.1) is 10.1 Å². The lowest BCUT2D eigenvalue weighted by Gasteiger charge is -2.12. The van der Waals surface area contributed by atoms with Crippen LogP contribution in [0.1, 0.15) is 5.56 Å². The van der Waals surface area contributed by atoms with Gasteiger partial charge in [0, 0.05) is 23.8 Å². The van der Waals surface area contributed by atoms with E-state index in [0.29, 0.717) is 22.8 Å². The topological polar surface area (TPSA) is 126 Å². The number of carbonyl (C=O) groups is 2. The fraction of sp³-hybridized carbons (Fsp3) is 0.200. The zero-order chi connectivity index (χ0) is 22.1. The molecule has 0 aliphatic rings. The number of carbonyl (C=O) groups excluding carboxylic acids is 2. The minimum absolute atomic E-state index is 0.00848. The van der Waals surface area contributed by atoms with Crippen LogP contribution >= 0.6 is 0 Å². The molecule has 1 N–H and O–H groups in total. The first-order chi connectivity index (χ1) is 14.4. The molecule has 0 atom stereocenters. The van der Waals surface area contributed by atoms with E-state index in [4.69, 9.17) is 18.9 Å². The van der Waals surface area contributed by atoms with E-state index in [1.165, 1.54) is 51.7 Å². The lowest BCUT2D eigenvalue weighted by atomic mass is 10.1. The van der Waals surface area contributed by atoms with Gasteiger partial charge in [-0.3, -0.25) is 14.9 Å². The minimum atomic E-state index is -0.787. The zero-order valence-corrected chi connectivity index (χ0v) is 16.5. The van der Waals surface area contributed by atoms with Crippen molar-refractivity contribution in [1.29, 1.82) is 0 Å². The van der Waals surface area contributed by atoms with E-state index in [2.05, 4.69) is 5.32 Å². The van der Waals surface area contributed by atoms with Crippen molar-refractivity contribution in [1.82, 2.24) is 0 Å². The average molecular weight is 416 g/mol. The summed E-state index contributed by atoms with van der Waals surface area (Å²) in [5.41, 5.74) is 0.267. The van der Waals surface area contributed by atoms with Crippen molar-refractivity contribution in [3.05, 3.63) is 58.2 Å². The lowest BCUT2D eigenvalue weighted by molar-refractivity contribution is -0.383. The molecule has 10 heteroatoms. The van der Waals surface area contributed by atoms with Crippen LogP contribution in [0.25, 0.3) is 6.08 Å². The quantitative estimate of drug-likeness (QED) is 0.286. The number of methoxy groups -OCH3 is 3. The number of esters is 1. The van der Waals surface area contributed by atoms with Gasteiger partial charge in [0.15, 0.2) is 18.1 Å². The van der Waals surface area contributed by atoms with Crippen molar-refractivity contribution < 1.29 is 33.5 Å². The van der Waals surface area contributed by atoms with Gasteiger partial charge in [0.1, 0.15) is 11.4 Å².